The van der Waals surface area contributed by atoms with E-state index in [2.05, 4.69) is 0 Å². The number of nitrogens with zero attached hydrogens (tertiary/aromatic N) is 1. The zero-order valence-electron chi connectivity index (χ0n) is 12.1. The van der Waals surface area contributed by atoms with Crippen molar-refractivity contribution in [3.63, 3.8) is 0 Å². The fraction of sp³-hybridized carbons (Fsp3) is 0.188. The number of hydrogen-bond acceptors (Lipinski definition) is 3. The largest absolute Gasteiger partial charge is 0.478 e. The zero-order chi connectivity index (χ0) is 15.7. The Morgan fingerprint density at radius 1 is 1.14 bits per heavy atom. The molecule has 5 heteroatoms. The van der Waals surface area contributed by atoms with Crippen molar-refractivity contribution in [3.8, 4) is 0 Å². The molecule has 2 aromatic rings. The highest BCUT2D eigenvalue weighted by molar-refractivity contribution is 5.95. The van der Waals surface area contributed by atoms with Gasteiger partial charge in [-0.2, -0.15) is 0 Å². The van der Waals surface area contributed by atoms with Gasteiger partial charge in [-0.1, -0.05) is 6.07 Å². The second kappa shape index (κ2) is 5.44. The van der Waals surface area contributed by atoms with Crippen LogP contribution in [0.3, 0.4) is 0 Å². The molecule has 0 aliphatic heterocycles. The Labute approximate surface area is 122 Å². The van der Waals surface area contributed by atoms with E-state index < -0.39 is 11.8 Å². The molecule has 0 radical (unpaired) electrons. The average Bonchev–Trinajstić information content (AvgIpc) is 2.36. The van der Waals surface area contributed by atoms with E-state index in [0.29, 0.717) is 0 Å². The number of aromatic carboxylic acids is 1. The molecule has 0 aromatic heterocycles. The second-order valence-electron chi connectivity index (χ2n) is 5.10. The maximum Gasteiger partial charge on any atom is 0.337 e. The van der Waals surface area contributed by atoms with Crippen molar-refractivity contribution in [1.82, 2.24) is 0 Å². The Morgan fingerprint density at radius 2 is 1.71 bits per heavy atom. The van der Waals surface area contributed by atoms with Gasteiger partial charge in [0, 0.05) is 18.4 Å². The standard InChI is InChI=1S/C16H17FN2O2/c1-9-4-10(2)6-11(5-9)19(3)15-7-12(16(20)21)14(18)8-13(15)17/h4-8H,18H2,1-3H3,(H,20,21). The molecular weight excluding hydrogens is 271 g/mol. The number of carboxylic acid groups (broad SMARTS) is 1. The van der Waals surface area contributed by atoms with Crippen molar-refractivity contribution in [3.05, 3.63) is 52.8 Å². The van der Waals surface area contributed by atoms with Crippen LogP contribution in [0.2, 0.25) is 0 Å². The molecule has 0 aliphatic carbocycles. The highest BCUT2D eigenvalue weighted by atomic mass is 19.1. The van der Waals surface area contributed by atoms with E-state index in [1.54, 1.807) is 11.9 Å². The Hall–Kier alpha value is -2.56. The van der Waals surface area contributed by atoms with Crippen LogP contribution in [0, 0.1) is 19.7 Å². The van der Waals surface area contributed by atoms with E-state index in [-0.39, 0.29) is 16.9 Å². The number of carbonyl (C=O) groups is 1. The van der Waals surface area contributed by atoms with Gasteiger partial charge in [-0.3, -0.25) is 0 Å². The number of halogens is 1. The molecule has 0 atom stereocenters. The topological polar surface area (TPSA) is 66.6 Å². The molecule has 0 aliphatic rings. The maximum absolute atomic E-state index is 14.1. The van der Waals surface area contributed by atoms with Crippen molar-refractivity contribution in [2.45, 2.75) is 13.8 Å². The minimum atomic E-state index is -1.18. The SMILES string of the molecule is Cc1cc(C)cc(N(C)c2cc(C(=O)O)c(N)cc2F)c1. The van der Waals surface area contributed by atoms with Crippen LogP contribution < -0.4 is 10.6 Å². The molecular formula is C16H17FN2O2. The van der Waals surface area contributed by atoms with Crippen molar-refractivity contribution in [1.29, 1.82) is 0 Å². The van der Waals surface area contributed by atoms with Gasteiger partial charge in [-0.05, 0) is 49.2 Å². The van der Waals surface area contributed by atoms with Gasteiger partial charge in [-0.15, -0.1) is 0 Å². The normalized spacial score (nSPS) is 10.5. The van der Waals surface area contributed by atoms with Gasteiger partial charge in [0.15, 0.2) is 0 Å². The first kappa shape index (κ1) is 14.8. The lowest BCUT2D eigenvalue weighted by molar-refractivity contribution is 0.0698. The molecule has 0 spiro atoms. The van der Waals surface area contributed by atoms with E-state index in [0.717, 1.165) is 22.9 Å². The van der Waals surface area contributed by atoms with Crippen LogP contribution in [0.15, 0.2) is 30.3 Å². The summed E-state index contributed by atoms with van der Waals surface area (Å²) >= 11 is 0. The molecule has 0 saturated heterocycles. The lowest BCUT2D eigenvalue weighted by atomic mass is 10.1. The van der Waals surface area contributed by atoms with Gasteiger partial charge in [0.1, 0.15) is 5.82 Å². The smallest absolute Gasteiger partial charge is 0.337 e. The Balaban J connectivity index is 2.54. The summed E-state index contributed by atoms with van der Waals surface area (Å²) in [4.78, 5) is 12.7. The monoisotopic (exact) mass is 288 g/mol. The molecule has 2 rings (SSSR count). The second-order valence-corrected chi connectivity index (χ2v) is 5.10. The molecule has 4 nitrogen and oxygen atoms in total. The summed E-state index contributed by atoms with van der Waals surface area (Å²) in [6.07, 6.45) is 0. The zero-order valence-corrected chi connectivity index (χ0v) is 12.1. The van der Waals surface area contributed by atoms with Crippen LogP contribution in [0.25, 0.3) is 0 Å². The highest BCUT2D eigenvalue weighted by Gasteiger charge is 2.17. The number of carboxylic acids is 1. The van der Waals surface area contributed by atoms with Crippen LogP contribution in [-0.4, -0.2) is 18.1 Å². The molecule has 0 saturated carbocycles. The van der Waals surface area contributed by atoms with Gasteiger partial charge in [-0.25, -0.2) is 9.18 Å². The predicted octanol–water partition coefficient (Wildman–Crippen LogP) is 3.49. The third kappa shape index (κ3) is 2.97. The van der Waals surface area contributed by atoms with E-state index in [9.17, 15) is 9.18 Å². The fourth-order valence-corrected chi connectivity index (χ4v) is 2.30. The molecule has 3 N–H and O–H groups in total. The Bertz CT molecular complexity index is 693. The number of nitrogens with two attached hydrogens (primary N) is 1. The molecule has 0 bridgehead atoms. The number of nitrogen functional groups attached to an aromatic ring is 1. The molecule has 110 valence electrons. The van der Waals surface area contributed by atoms with E-state index in [1.807, 2.05) is 32.0 Å². The van der Waals surface area contributed by atoms with E-state index in [4.69, 9.17) is 10.8 Å². The van der Waals surface area contributed by atoms with Gasteiger partial charge in [0.05, 0.1) is 11.3 Å². The first-order valence-corrected chi connectivity index (χ1v) is 6.44. The predicted molar refractivity (Wildman–Crippen MR) is 81.8 cm³/mol. The third-order valence-electron chi connectivity index (χ3n) is 3.30. The van der Waals surface area contributed by atoms with Crippen molar-refractivity contribution in [2.75, 3.05) is 17.7 Å². The summed E-state index contributed by atoms with van der Waals surface area (Å²) in [7, 11) is 1.69. The van der Waals surface area contributed by atoms with Gasteiger partial charge >= 0.3 is 5.97 Å². The summed E-state index contributed by atoms with van der Waals surface area (Å²) in [6, 6.07) is 8.12. The molecule has 0 unspecified atom stereocenters. The molecule has 0 amide bonds. The summed E-state index contributed by atoms with van der Waals surface area (Å²) in [6.45, 7) is 3.90. The van der Waals surface area contributed by atoms with Crippen LogP contribution in [-0.2, 0) is 0 Å². The minimum Gasteiger partial charge on any atom is -0.478 e. The number of rotatable bonds is 3. The lowest BCUT2D eigenvalue weighted by Gasteiger charge is -2.22. The third-order valence-corrected chi connectivity index (χ3v) is 3.30. The number of aryl methyl sites for hydroxylation is 2. The summed E-state index contributed by atoms with van der Waals surface area (Å²) in [5.74, 6) is -1.73. The fourth-order valence-electron chi connectivity index (χ4n) is 2.30. The van der Waals surface area contributed by atoms with Gasteiger partial charge in [0.2, 0.25) is 0 Å². The van der Waals surface area contributed by atoms with Crippen molar-refractivity contribution < 1.29 is 14.3 Å². The quantitative estimate of drug-likeness (QED) is 0.848. The molecule has 0 fully saturated rings. The lowest BCUT2D eigenvalue weighted by Crippen LogP contribution is -2.14. The van der Waals surface area contributed by atoms with Crippen molar-refractivity contribution >= 4 is 23.0 Å². The van der Waals surface area contributed by atoms with Crippen LogP contribution in [0.5, 0.6) is 0 Å². The first-order valence-electron chi connectivity index (χ1n) is 6.44. The molecule has 2 aromatic carbocycles. The molecule has 21 heavy (non-hydrogen) atoms. The minimum absolute atomic E-state index is 0.0856. The van der Waals surface area contributed by atoms with Gasteiger partial charge in [0.25, 0.3) is 0 Å². The van der Waals surface area contributed by atoms with E-state index >= 15 is 0 Å². The van der Waals surface area contributed by atoms with Crippen LogP contribution in [0.1, 0.15) is 21.5 Å². The maximum atomic E-state index is 14.1. The van der Waals surface area contributed by atoms with Crippen molar-refractivity contribution in [2.24, 2.45) is 0 Å². The number of benzene rings is 2. The first-order chi connectivity index (χ1) is 9.79. The van der Waals surface area contributed by atoms with Gasteiger partial charge < -0.3 is 15.7 Å². The molecule has 0 heterocycles. The van der Waals surface area contributed by atoms with Crippen LogP contribution >= 0.6 is 0 Å². The van der Waals surface area contributed by atoms with E-state index in [1.165, 1.54) is 6.07 Å². The summed E-state index contributed by atoms with van der Waals surface area (Å²) < 4.78 is 14.1. The summed E-state index contributed by atoms with van der Waals surface area (Å²) in [5.41, 5.74) is 8.40. The van der Waals surface area contributed by atoms with Crippen LogP contribution in [0.4, 0.5) is 21.5 Å². The number of hydrogen-bond donors (Lipinski definition) is 2. The highest BCUT2D eigenvalue weighted by Crippen LogP contribution is 2.31. The number of anilines is 3. The average molecular weight is 288 g/mol. The Kier molecular flexibility index (Phi) is 3.84. The summed E-state index contributed by atoms with van der Waals surface area (Å²) in [5, 5.41) is 9.10. The Morgan fingerprint density at radius 3 is 2.24 bits per heavy atom.